The van der Waals surface area contributed by atoms with Crippen molar-refractivity contribution in [1.29, 1.82) is 0 Å². The van der Waals surface area contributed by atoms with Gasteiger partial charge in [0.05, 0.1) is 12.5 Å². The number of halogens is 1. The molecule has 1 rings (SSSR count). The summed E-state index contributed by atoms with van der Waals surface area (Å²) in [6, 6.07) is 10.1. The number of hydrogen-bond donors (Lipinski definition) is 1. The van der Waals surface area contributed by atoms with Gasteiger partial charge < -0.3 is 15.4 Å². The molecule has 21 heavy (non-hydrogen) atoms. The molecule has 118 valence electrons. The molecule has 4 nitrogen and oxygen atoms in total. The van der Waals surface area contributed by atoms with Crippen molar-refractivity contribution in [3.8, 4) is 0 Å². The zero-order chi connectivity index (χ0) is 14.8. The molecule has 0 saturated heterocycles. The smallest absolute Gasteiger partial charge is 0.225 e. The zero-order valence-corrected chi connectivity index (χ0v) is 13.3. The first kappa shape index (κ1) is 19.6. The van der Waals surface area contributed by atoms with Gasteiger partial charge in [-0.3, -0.25) is 4.79 Å². The van der Waals surface area contributed by atoms with Gasteiger partial charge >= 0.3 is 0 Å². The second-order valence-electron chi connectivity index (χ2n) is 4.66. The number of nitrogens with two attached hydrogens (primary N) is 1. The lowest BCUT2D eigenvalue weighted by molar-refractivity contribution is -0.133. The second-order valence-corrected chi connectivity index (χ2v) is 4.66. The third kappa shape index (κ3) is 7.27. The highest BCUT2D eigenvalue weighted by Gasteiger charge is 2.17. The van der Waals surface area contributed by atoms with E-state index in [2.05, 4.69) is 18.7 Å². The maximum absolute atomic E-state index is 12.2. The Morgan fingerprint density at radius 2 is 2.10 bits per heavy atom. The van der Waals surface area contributed by atoms with Crippen molar-refractivity contribution in [1.82, 2.24) is 4.90 Å². The molecule has 0 spiro atoms. The summed E-state index contributed by atoms with van der Waals surface area (Å²) < 4.78 is 5.16. The van der Waals surface area contributed by atoms with Crippen molar-refractivity contribution in [2.75, 3.05) is 26.7 Å². The monoisotopic (exact) mass is 312 g/mol. The third-order valence-electron chi connectivity index (χ3n) is 3.21. The van der Waals surface area contributed by atoms with Crippen molar-refractivity contribution < 1.29 is 9.53 Å². The molecule has 1 amide bonds. The Bertz CT molecular complexity index is 408. The Labute approximate surface area is 133 Å². The van der Waals surface area contributed by atoms with Crippen LogP contribution in [0.25, 0.3) is 0 Å². The maximum atomic E-state index is 12.2. The van der Waals surface area contributed by atoms with Crippen LogP contribution in [0.3, 0.4) is 0 Å². The first-order valence-corrected chi connectivity index (χ1v) is 6.86. The molecule has 0 bridgehead atoms. The molecular formula is C16H25ClN2O2. The fraction of sp³-hybridized carbons (Fsp3) is 0.438. The Kier molecular flexibility index (Phi) is 10.6. The van der Waals surface area contributed by atoms with Crippen LogP contribution in [-0.2, 0) is 16.0 Å². The predicted octanol–water partition coefficient (Wildman–Crippen LogP) is 2.03. The minimum absolute atomic E-state index is 0. The van der Waals surface area contributed by atoms with Gasteiger partial charge in [-0.05, 0) is 12.0 Å². The minimum Gasteiger partial charge on any atom is -0.380 e. The van der Waals surface area contributed by atoms with Crippen LogP contribution in [0.4, 0.5) is 0 Å². The number of methoxy groups -OCH3 is 1. The highest BCUT2D eigenvalue weighted by atomic mass is 35.5. The van der Waals surface area contributed by atoms with Gasteiger partial charge in [-0.25, -0.2) is 0 Å². The SMILES string of the molecule is C=CCN(CCc1ccccc1)C(=O)CC(CN)OC.Cl. The first-order valence-electron chi connectivity index (χ1n) is 6.86. The molecule has 5 heteroatoms. The van der Waals surface area contributed by atoms with E-state index in [0.29, 0.717) is 26.1 Å². The molecule has 0 aromatic heterocycles. The number of carbonyl (C=O) groups excluding carboxylic acids is 1. The Morgan fingerprint density at radius 3 is 2.62 bits per heavy atom. The third-order valence-corrected chi connectivity index (χ3v) is 3.21. The van der Waals surface area contributed by atoms with E-state index in [4.69, 9.17) is 10.5 Å². The van der Waals surface area contributed by atoms with Crippen molar-refractivity contribution in [3.63, 3.8) is 0 Å². The summed E-state index contributed by atoms with van der Waals surface area (Å²) >= 11 is 0. The molecule has 1 aromatic rings. The molecule has 2 N–H and O–H groups in total. The van der Waals surface area contributed by atoms with Crippen LogP contribution in [0.2, 0.25) is 0 Å². The summed E-state index contributed by atoms with van der Waals surface area (Å²) in [6.45, 7) is 5.28. The van der Waals surface area contributed by atoms with Gasteiger partial charge in [0.2, 0.25) is 5.91 Å². The number of rotatable bonds is 9. The Hall–Kier alpha value is -1.36. The van der Waals surface area contributed by atoms with Gasteiger partial charge in [0.1, 0.15) is 0 Å². The molecule has 0 heterocycles. The van der Waals surface area contributed by atoms with E-state index < -0.39 is 0 Å². The minimum atomic E-state index is -0.216. The molecule has 1 aromatic carbocycles. The van der Waals surface area contributed by atoms with Gasteiger partial charge in [-0.15, -0.1) is 19.0 Å². The van der Waals surface area contributed by atoms with Gasteiger partial charge in [0.25, 0.3) is 0 Å². The molecule has 0 aliphatic carbocycles. The van der Waals surface area contributed by atoms with E-state index in [1.54, 1.807) is 18.1 Å². The van der Waals surface area contributed by atoms with E-state index in [9.17, 15) is 4.79 Å². The van der Waals surface area contributed by atoms with Crippen molar-refractivity contribution in [3.05, 3.63) is 48.6 Å². The van der Waals surface area contributed by atoms with Crippen LogP contribution in [0.1, 0.15) is 12.0 Å². The highest BCUT2D eigenvalue weighted by molar-refractivity contribution is 5.85. The van der Waals surface area contributed by atoms with E-state index in [1.165, 1.54) is 5.56 Å². The van der Waals surface area contributed by atoms with Crippen LogP contribution in [0.5, 0.6) is 0 Å². The topological polar surface area (TPSA) is 55.6 Å². The lowest BCUT2D eigenvalue weighted by atomic mass is 10.1. The average Bonchev–Trinajstić information content (AvgIpc) is 2.49. The summed E-state index contributed by atoms with van der Waals surface area (Å²) in [7, 11) is 1.58. The number of amides is 1. The number of nitrogens with zero attached hydrogens (tertiary/aromatic N) is 1. The van der Waals surface area contributed by atoms with E-state index in [0.717, 1.165) is 6.42 Å². The summed E-state index contributed by atoms with van der Waals surface area (Å²) in [5, 5.41) is 0. The van der Waals surface area contributed by atoms with Crippen molar-refractivity contribution >= 4 is 18.3 Å². The first-order chi connectivity index (χ1) is 9.71. The van der Waals surface area contributed by atoms with Crippen LogP contribution < -0.4 is 5.73 Å². The molecule has 1 atom stereocenters. The normalized spacial score (nSPS) is 11.3. The number of carbonyl (C=O) groups is 1. The van der Waals surface area contributed by atoms with Crippen LogP contribution >= 0.6 is 12.4 Å². The summed E-state index contributed by atoms with van der Waals surface area (Å²) in [5.74, 6) is 0.0538. The second kappa shape index (κ2) is 11.3. The molecule has 1 unspecified atom stereocenters. The lowest BCUT2D eigenvalue weighted by Gasteiger charge is -2.23. The fourth-order valence-electron chi connectivity index (χ4n) is 1.97. The molecule has 0 aliphatic rings. The van der Waals surface area contributed by atoms with E-state index in [-0.39, 0.29) is 24.4 Å². The standard InChI is InChI=1S/C16H24N2O2.ClH/c1-3-10-18(16(19)12-15(13-17)20-2)11-9-14-7-5-4-6-8-14;/h3-8,15H,1,9-13,17H2,2H3;1H. The van der Waals surface area contributed by atoms with Gasteiger partial charge in [-0.1, -0.05) is 36.4 Å². The fourth-order valence-corrected chi connectivity index (χ4v) is 1.97. The Morgan fingerprint density at radius 1 is 1.43 bits per heavy atom. The summed E-state index contributed by atoms with van der Waals surface area (Å²) in [6.07, 6.45) is 2.68. The number of ether oxygens (including phenoxy) is 1. The molecule has 0 fully saturated rings. The van der Waals surface area contributed by atoms with Gasteiger partial charge in [-0.2, -0.15) is 0 Å². The van der Waals surface area contributed by atoms with Gasteiger partial charge in [0, 0.05) is 26.7 Å². The van der Waals surface area contributed by atoms with Crippen LogP contribution in [-0.4, -0.2) is 43.7 Å². The maximum Gasteiger partial charge on any atom is 0.225 e. The van der Waals surface area contributed by atoms with Crippen LogP contribution in [0.15, 0.2) is 43.0 Å². The lowest BCUT2D eigenvalue weighted by Crippen LogP contribution is -2.37. The summed E-state index contributed by atoms with van der Waals surface area (Å²) in [4.78, 5) is 14.0. The largest absolute Gasteiger partial charge is 0.380 e. The molecule has 0 aliphatic heterocycles. The van der Waals surface area contributed by atoms with E-state index in [1.807, 2.05) is 18.2 Å². The average molecular weight is 313 g/mol. The summed E-state index contributed by atoms with van der Waals surface area (Å²) in [5.41, 5.74) is 6.77. The highest BCUT2D eigenvalue weighted by Crippen LogP contribution is 2.05. The van der Waals surface area contributed by atoms with Crippen molar-refractivity contribution in [2.45, 2.75) is 18.9 Å². The van der Waals surface area contributed by atoms with Crippen molar-refractivity contribution in [2.24, 2.45) is 5.73 Å². The zero-order valence-electron chi connectivity index (χ0n) is 12.5. The molecule has 0 saturated carbocycles. The predicted molar refractivity (Wildman–Crippen MR) is 88.6 cm³/mol. The molecular weight excluding hydrogens is 288 g/mol. The van der Waals surface area contributed by atoms with Gasteiger partial charge in [0.15, 0.2) is 0 Å². The van der Waals surface area contributed by atoms with E-state index >= 15 is 0 Å². The quantitative estimate of drug-likeness (QED) is 0.710. The van der Waals surface area contributed by atoms with Crippen LogP contribution in [0, 0.1) is 0 Å². The molecule has 0 radical (unpaired) electrons. The number of benzene rings is 1. The number of hydrogen-bond acceptors (Lipinski definition) is 3. The Balaban J connectivity index is 0.00000400.